The number of ether oxygens (including phenoxy) is 2. The van der Waals surface area contributed by atoms with Gasteiger partial charge in [0.1, 0.15) is 11.5 Å². The molecule has 4 rings (SSSR count). The topological polar surface area (TPSA) is 80.1 Å². The van der Waals surface area contributed by atoms with E-state index in [2.05, 4.69) is 9.72 Å². The molecule has 11 heteroatoms. The van der Waals surface area contributed by atoms with Gasteiger partial charge in [0.05, 0.1) is 6.54 Å². The fourth-order valence-electron chi connectivity index (χ4n) is 3.91. The highest BCUT2D eigenvalue weighted by atomic mass is 35.5. The zero-order chi connectivity index (χ0) is 25.9. The van der Waals surface area contributed by atoms with E-state index >= 15 is 0 Å². The maximum atomic E-state index is 13.6. The molecule has 8 nitrogen and oxygen atoms in total. The maximum absolute atomic E-state index is 13.6. The molecule has 0 radical (unpaired) electrons. The van der Waals surface area contributed by atoms with Gasteiger partial charge in [-0.2, -0.15) is 13.8 Å². The minimum atomic E-state index is -3.35. The van der Waals surface area contributed by atoms with Crippen molar-refractivity contribution < 1.29 is 28.2 Å². The normalized spacial score (nSPS) is 14.0. The van der Waals surface area contributed by atoms with Crippen molar-refractivity contribution >= 4 is 23.3 Å². The minimum absolute atomic E-state index is 0.0277. The largest absolute Gasteiger partial charge is 0.433 e. The van der Waals surface area contributed by atoms with E-state index in [1.54, 1.807) is 27.7 Å². The summed E-state index contributed by atoms with van der Waals surface area (Å²) in [6, 6.07) is 13.2. The molecular weight excluding hydrogens is 494 g/mol. The molecule has 1 amide bonds. The predicted octanol–water partition coefficient (Wildman–Crippen LogP) is 4.64. The number of amides is 1. The standard InChI is InChI=1S/C25H27ClF2N4O4/c1-25(27,28)36-20-6-3-5-19(15-20)35-24-29-22-21(32(24)16-17-7-9-18(26)10-8-17)23(34)31(11-4-14-33)13-12-30(22)2/h3,5-10,15,33H,4,11-14,16H2,1-2H3. The molecule has 1 N–H and O–H groups in total. The fourth-order valence-corrected chi connectivity index (χ4v) is 4.04. The van der Waals surface area contributed by atoms with Gasteiger partial charge in [-0.25, -0.2) is 0 Å². The van der Waals surface area contributed by atoms with Crippen LogP contribution in [0.1, 0.15) is 29.4 Å². The Kier molecular flexibility index (Phi) is 7.65. The van der Waals surface area contributed by atoms with E-state index in [4.69, 9.17) is 16.3 Å². The second-order valence-corrected chi connectivity index (χ2v) is 8.99. The fraction of sp³-hybridized carbons (Fsp3) is 0.360. The Bertz CT molecular complexity index is 1210. The van der Waals surface area contributed by atoms with Crippen molar-refractivity contribution in [3.8, 4) is 17.5 Å². The summed E-state index contributed by atoms with van der Waals surface area (Å²) in [4.78, 5) is 21.8. The van der Waals surface area contributed by atoms with Gasteiger partial charge in [0.2, 0.25) is 0 Å². The van der Waals surface area contributed by atoms with Crippen LogP contribution < -0.4 is 14.4 Å². The van der Waals surface area contributed by atoms with Crippen LogP contribution in [0.3, 0.4) is 0 Å². The van der Waals surface area contributed by atoms with Crippen LogP contribution in [0.5, 0.6) is 17.5 Å². The smallest absolute Gasteiger partial charge is 0.394 e. The average Bonchev–Trinajstić information content (AvgIpc) is 3.11. The number of anilines is 1. The quantitative estimate of drug-likeness (QED) is 0.443. The highest BCUT2D eigenvalue weighted by Crippen LogP contribution is 2.34. The molecule has 192 valence electrons. The lowest BCUT2D eigenvalue weighted by Crippen LogP contribution is -2.36. The summed E-state index contributed by atoms with van der Waals surface area (Å²) in [7, 11) is 1.84. The Hall–Kier alpha value is -3.37. The van der Waals surface area contributed by atoms with Gasteiger partial charge in [-0.3, -0.25) is 9.36 Å². The number of fused-ring (bicyclic) bond motifs is 1. The Morgan fingerprint density at radius 1 is 1.14 bits per heavy atom. The van der Waals surface area contributed by atoms with Crippen molar-refractivity contribution in [1.29, 1.82) is 0 Å². The van der Waals surface area contributed by atoms with Gasteiger partial charge >= 0.3 is 12.1 Å². The molecule has 1 aliphatic rings. The van der Waals surface area contributed by atoms with E-state index < -0.39 is 6.11 Å². The number of hydrogen-bond acceptors (Lipinski definition) is 6. The van der Waals surface area contributed by atoms with E-state index in [1.165, 1.54) is 18.2 Å². The van der Waals surface area contributed by atoms with Crippen molar-refractivity contribution in [3.05, 3.63) is 64.8 Å². The first-order valence-electron chi connectivity index (χ1n) is 11.5. The lowest BCUT2D eigenvalue weighted by Gasteiger charge is -2.21. The monoisotopic (exact) mass is 520 g/mol. The van der Waals surface area contributed by atoms with Gasteiger partial charge in [-0.1, -0.05) is 29.8 Å². The highest BCUT2D eigenvalue weighted by Gasteiger charge is 2.33. The van der Waals surface area contributed by atoms with Gasteiger partial charge in [-0.15, -0.1) is 0 Å². The molecule has 0 aliphatic carbocycles. The second kappa shape index (κ2) is 10.7. The molecule has 0 atom stereocenters. The maximum Gasteiger partial charge on any atom is 0.394 e. The predicted molar refractivity (Wildman–Crippen MR) is 131 cm³/mol. The van der Waals surface area contributed by atoms with Gasteiger partial charge in [0.15, 0.2) is 11.5 Å². The van der Waals surface area contributed by atoms with Crippen LogP contribution in [0.4, 0.5) is 14.6 Å². The van der Waals surface area contributed by atoms with Crippen molar-refractivity contribution in [1.82, 2.24) is 14.5 Å². The van der Waals surface area contributed by atoms with E-state index in [0.717, 1.165) is 5.56 Å². The molecule has 0 spiro atoms. The molecule has 36 heavy (non-hydrogen) atoms. The molecule has 2 heterocycles. The van der Waals surface area contributed by atoms with Crippen molar-refractivity contribution in [3.63, 3.8) is 0 Å². The second-order valence-electron chi connectivity index (χ2n) is 8.56. The molecule has 0 fully saturated rings. The molecular formula is C25H27ClF2N4O4. The number of carbonyl (C=O) groups is 1. The zero-order valence-electron chi connectivity index (χ0n) is 20.0. The summed E-state index contributed by atoms with van der Waals surface area (Å²) in [5, 5.41) is 9.86. The summed E-state index contributed by atoms with van der Waals surface area (Å²) in [5.41, 5.74) is 1.19. The van der Waals surface area contributed by atoms with Crippen molar-refractivity contribution in [2.45, 2.75) is 26.0 Å². The van der Waals surface area contributed by atoms with E-state index in [0.29, 0.717) is 49.5 Å². The van der Waals surface area contributed by atoms with Crippen molar-refractivity contribution in [2.75, 3.05) is 38.2 Å². The lowest BCUT2D eigenvalue weighted by molar-refractivity contribution is -0.159. The highest BCUT2D eigenvalue weighted by molar-refractivity contribution is 6.30. The van der Waals surface area contributed by atoms with Crippen LogP contribution in [-0.4, -0.2) is 64.9 Å². The minimum Gasteiger partial charge on any atom is -0.433 e. The van der Waals surface area contributed by atoms with Gasteiger partial charge in [0.25, 0.3) is 5.91 Å². The summed E-state index contributed by atoms with van der Waals surface area (Å²) >= 11 is 6.04. The number of nitrogens with zero attached hydrogens (tertiary/aromatic N) is 4. The van der Waals surface area contributed by atoms with Crippen LogP contribution >= 0.6 is 11.6 Å². The first kappa shape index (κ1) is 25.7. The first-order valence-corrected chi connectivity index (χ1v) is 11.8. The third-order valence-electron chi connectivity index (χ3n) is 5.62. The number of likely N-dealkylation sites (N-methyl/N-ethyl adjacent to an activating group) is 1. The van der Waals surface area contributed by atoms with Crippen LogP contribution in [0.25, 0.3) is 0 Å². The van der Waals surface area contributed by atoms with Crippen LogP contribution in [0, 0.1) is 0 Å². The number of carbonyl (C=O) groups excluding carboxylic acids is 1. The molecule has 0 unspecified atom stereocenters. The number of halogens is 3. The SMILES string of the molecule is CN1CCN(CCCO)C(=O)c2c1nc(Oc1cccc(OC(C)(F)F)c1)n2Cc1ccc(Cl)cc1. The summed E-state index contributed by atoms with van der Waals surface area (Å²) in [5.74, 6) is 0.368. The van der Waals surface area contributed by atoms with E-state index in [1.807, 2.05) is 24.1 Å². The zero-order valence-corrected chi connectivity index (χ0v) is 20.7. The first-order chi connectivity index (χ1) is 17.1. The lowest BCUT2D eigenvalue weighted by atomic mass is 10.2. The number of aromatic nitrogens is 2. The number of alkyl halides is 2. The average molecular weight is 521 g/mol. The molecule has 2 aromatic carbocycles. The van der Waals surface area contributed by atoms with Gasteiger partial charge < -0.3 is 24.4 Å². The van der Waals surface area contributed by atoms with Crippen LogP contribution in [0.2, 0.25) is 5.02 Å². The number of imidazole rings is 1. The molecule has 0 saturated heterocycles. The summed E-state index contributed by atoms with van der Waals surface area (Å²) in [6.07, 6.45) is -2.90. The Balaban J connectivity index is 1.76. The number of benzene rings is 2. The third kappa shape index (κ3) is 6.06. The number of aliphatic hydroxyl groups is 1. The molecule has 1 aliphatic heterocycles. The Morgan fingerprint density at radius 3 is 2.56 bits per heavy atom. The molecule has 0 saturated carbocycles. The van der Waals surface area contributed by atoms with E-state index in [-0.39, 0.29) is 36.6 Å². The van der Waals surface area contributed by atoms with Crippen LogP contribution in [-0.2, 0) is 6.54 Å². The van der Waals surface area contributed by atoms with E-state index in [9.17, 15) is 18.7 Å². The number of hydrogen-bond donors (Lipinski definition) is 1. The number of rotatable bonds is 9. The summed E-state index contributed by atoms with van der Waals surface area (Å²) in [6.45, 7) is 2.30. The summed E-state index contributed by atoms with van der Waals surface area (Å²) < 4.78 is 39.1. The number of aliphatic hydroxyl groups excluding tert-OH is 1. The molecule has 0 bridgehead atoms. The van der Waals surface area contributed by atoms with Crippen LogP contribution in [0.15, 0.2) is 48.5 Å². The van der Waals surface area contributed by atoms with Gasteiger partial charge in [0, 0.05) is 51.3 Å². The van der Waals surface area contributed by atoms with Crippen molar-refractivity contribution in [2.24, 2.45) is 0 Å². The van der Waals surface area contributed by atoms with Gasteiger partial charge in [-0.05, 0) is 36.2 Å². The Labute approximate surface area is 212 Å². The molecule has 3 aromatic rings. The Morgan fingerprint density at radius 2 is 1.86 bits per heavy atom. The third-order valence-corrected chi connectivity index (χ3v) is 5.87. The molecule has 1 aromatic heterocycles.